The Bertz CT molecular complexity index is 2770. The van der Waals surface area contributed by atoms with Crippen LogP contribution in [0.15, 0.2) is 192 Å². The molecule has 0 N–H and O–H groups in total. The van der Waals surface area contributed by atoms with Gasteiger partial charge in [-0.1, -0.05) is 164 Å². The highest BCUT2D eigenvalue weighted by atomic mass is 16.3. The Hall–Kier alpha value is -6.77. The molecule has 0 saturated carbocycles. The van der Waals surface area contributed by atoms with Gasteiger partial charge >= 0.3 is 0 Å². The molecule has 2 heterocycles. The van der Waals surface area contributed by atoms with E-state index >= 15 is 0 Å². The number of hydrogen-bond donors (Lipinski definition) is 0. The third-order valence-electron chi connectivity index (χ3n) is 11.1. The van der Waals surface area contributed by atoms with Crippen LogP contribution in [0.1, 0.15) is 22.3 Å². The zero-order valence-corrected chi connectivity index (χ0v) is 28.3. The highest BCUT2D eigenvalue weighted by Gasteiger charge is 2.54. The number of furan rings is 1. The maximum atomic E-state index is 6.69. The number of fused-ring (bicyclic) bond motifs is 12. The predicted octanol–water partition coefficient (Wildman–Crippen LogP) is 12.8. The van der Waals surface area contributed by atoms with Crippen LogP contribution in [-0.2, 0) is 5.41 Å². The SMILES string of the molecule is c1ccc(-c2cc(-c3ccc(-c4ccc5c(c4)C4(c6ccccc6-5)c5ccccc5-c5oc6ccccc6c54)cc3)cc(-c3ccccc3)n2)cc1. The van der Waals surface area contributed by atoms with Gasteiger partial charge in [0.05, 0.1) is 16.8 Å². The van der Waals surface area contributed by atoms with E-state index in [2.05, 4.69) is 176 Å². The first-order valence-electron chi connectivity index (χ1n) is 17.9. The summed E-state index contributed by atoms with van der Waals surface area (Å²) in [7, 11) is 0. The van der Waals surface area contributed by atoms with Crippen molar-refractivity contribution in [2.24, 2.45) is 0 Å². The summed E-state index contributed by atoms with van der Waals surface area (Å²) in [6, 6.07) is 67.6. The molecule has 1 atom stereocenters. The monoisotopic (exact) mass is 661 g/mol. The van der Waals surface area contributed by atoms with Gasteiger partial charge in [0.1, 0.15) is 11.3 Å². The lowest BCUT2D eigenvalue weighted by Crippen LogP contribution is -2.25. The van der Waals surface area contributed by atoms with Gasteiger partial charge in [0.2, 0.25) is 0 Å². The first-order valence-corrected chi connectivity index (χ1v) is 17.9. The van der Waals surface area contributed by atoms with E-state index in [1.807, 2.05) is 12.1 Å². The van der Waals surface area contributed by atoms with Crippen LogP contribution in [0.2, 0.25) is 0 Å². The van der Waals surface area contributed by atoms with Crippen LogP contribution in [0.4, 0.5) is 0 Å². The number of rotatable bonds is 4. The molecule has 0 saturated heterocycles. The Morgan fingerprint density at radius 1 is 0.365 bits per heavy atom. The summed E-state index contributed by atoms with van der Waals surface area (Å²) < 4.78 is 6.69. The topological polar surface area (TPSA) is 26.0 Å². The van der Waals surface area contributed by atoms with Crippen molar-refractivity contribution in [2.75, 3.05) is 0 Å². The second-order valence-electron chi connectivity index (χ2n) is 13.8. The van der Waals surface area contributed by atoms with Gasteiger partial charge in [0.15, 0.2) is 0 Å². The van der Waals surface area contributed by atoms with Gasteiger partial charge in [-0.15, -0.1) is 0 Å². The molecule has 0 aliphatic heterocycles. The smallest absolute Gasteiger partial charge is 0.140 e. The van der Waals surface area contributed by atoms with Gasteiger partial charge in [-0.05, 0) is 74.3 Å². The van der Waals surface area contributed by atoms with Gasteiger partial charge in [-0.3, -0.25) is 0 Å². The Kier molecular flexibility index (Phi) is 6.20. The van der Waals surface area contributed by atoms with E-state index in [0.29, 0.717) is 0 Å². The average molecular weight is 662 g/mol. The summed E-state index contributed by atoms with van der Waals surface area (Å²) in [5, 5.41) is 1.17. The number of nitrogens with zero attached hydrogens (tertiary/aromatic N) is 1. The number of pyridine rings is 1. The molecule has 1 unspecified atom stereocenters. The van der Waals surface area contributed by atoms with Crippen molar-refractivity contribution >= 4 is 11.0 Å². The van der Waals surface area contributed by atoms with Gasteiger partial charge in [0.25, 0.3) is 0 Å². The Morgan fingerprint density at radius 2 is 0.885 bits per heavy atom. The molecule has 2 aromatic heterocycles. The van der Waals surface area contributed by atoms with Crippen LogP contribution in [0.5, 0.6) is 0 Å². The highest BCUT2D eigenvalue weighted by Crippen LogP contribution is 2.65. The number of benzene rings is 7. The van der Waals surface area contributed by atoms with Crippen molar-refractivity contribution in [1.29, 1.82) is 0 Å². The zero-order valence-electron chi connectivity index (χ0n) is 28.3. The van der Waals surface area contributed by atoms with Gasteiger partial charge in [0, 0.05) is 27.6 Å². The first-order chi connectivity index (χ1) is 25.8. The number of aromatic nitrogens is 1. The molecule has 0 amide bonds. The first kappa shape index (κ1) is 29.0. The van der Waals surface area contributed by atoms with Crippen LogP contribution >= 0.6 is 0 Å². The van der Waals surface area contributed by atoms with E-state index in [0.717, 1.165) is 45.0 Å². The van der Waals surface area contributed by atoms with E-state index in [-0.39, 0.29) is 0 Å². The molecule has 2 aliphatic rings. The van der Waals surface area contributed by atoms with Crippen molar-refractivity contribution in [1.82, 2.24) is 4.98 Å². The third kappa shape index (κ3) is 4.09. The fraction of sp³-hybridized carbons (Fsp3) is 0.0200. The van der Waals surface area contributed by atoms with Gasteiger partial charge in [-0.2, -0.15) is 0 Å². The molecule has 2 heteroatoms. The zero-order chi connectivity index (χ0) is 34.2. The highest BCUT2D eigenvalue weighted by molar-refractivity contribution is 6.02. The molecule has 1 spiro atoms. The van der Waals surface area contributed by atoms with Gasteiger partial charge in [-0.25, -0.2) is 4.98 Å². The Morgan fingerprint density at radius 3 is 1.58 bits per heavy atom. The molecule has 2 nitrogen and oxygen atoms in total. The Balaban J connectivity index is 1.07. The molecular formula is C50H31NO. The summed E-state index contributed by atoms with van der Waals surface area (Å²) in [4.78, 5) is 5.09. The van der Waals surface area contributed by atoms with E-state index in [4.69, 9.17) is 9.40 Å². The summed E-state index contributed by atoms with van der Waals surface area (Å²) in [5.41, 5.74) is 18.2. The summed E-state index contributed by atoms with van der Waals surface area (Å²) >= 11 is 0. The molecule has 52 heavy (non-hydrogen) atoms. The second-order valence-corrected chi connectivity index (χ2v) is 13.8. The molecule has 242 valence electrons. The quantitative estimate of drug-likeness (QED) is 0.188. The largest absolute Gasteiger partial charge is 0.456 e. The second kappa shape index (κ2) is 11.1. The van der Waals surface area contributed by atoms with Crippen molar-refractivity contribution in [3.05, 3.63) is 210 Å². The molecule has 2 aliphatic carbocycles. The lowest BCUT2D eigenvalue weighted by molar-refractivity contribution is 0.628. The molecular weight excluding hydrogens is 631 g/mol. The maximum Gasteiger partial charge on any atom is 0.140 e. The number of para-hydroxylation sites is 1. The average Bonchev–Trinajstić information content (AvgIpc) is 3.85. The number of hydrogen-bond acceptors (Lipinski definition) is 2. The fourth-order valence-electron chi connectivity index (χ4n) is 8.83. The maximum absolute atomic E-state index is 6.69. The predicted molar refractivity (Wildman–Crippen MR) is 212 cm³/mol. The molecule has 0 bridgehead atoms. The van der Waals surface area contributed by atoms with E-state index < -0.39 is 5.41 Å². The van der Waals surface area contributed by atoms with Crippen molar-refractivity contribution in [3.8, 4) is 67.2 Å². The minimum absolute atomic E-state index is 0.473. The van der Waals surface area contributed by atoms with E-state index in [1.165, 1.54) is 55.5 Å². The van der Waals surface area contributed by atoms with Crippen molar-refractivity contribution in [3.63, 3.8) is 0 Å². The van der Waals surface area contributed by atoms with Crippen molar-refractivity contribution < 1.29 is 4.42 Å². The molecule has 11 rings (SSSR count). The molecule has 0 fully saturated rings. The van der Waals surface area contributed by atoms with Gasteiger partial charge < -0.3 is 4.42 Å². The normalized spacial score (nSPS) is 15.0. The molecule has 0 radical (unpaired) electrons. The van der Waals surface area contributed by atoms with Crippen molar-refractivity contribution in [2.45, 2.75) is 5.41 Å². The summed E-state index contributed by atoms with van der Waals surface area (Å²) in [6.45, 7) is 0. The lowest BCUT2D eigenvalue weighted by Gasteiger charge is -2.30. The van der Waals surface area contributed by atoms with E-state index in [1.54, 1.807) is 0 Å². The summed E-state index contributed by atoms with van der Waals surface area (Å²) in [5.74, 6) is 0.983. The Labute approximate surface area is 302 Å². The standard InChI is InChI=1S/C50H31NO/c1-3-13-34(14-4-1)45-30-37(31-46(51-45)35-15-5-2-6-16-35)33-25-23-32(24-26-33)36-27-28-39-38-17-7-10-20-42(38)50(44(39)29-36)43-21-11-8-18-40(43)49-48(50)41-19-9-12-22-47(41)52-49/h1-31H. The molecule has 9 aromatic rings. The van der Waals surface area contributed by atoms with Crippen LogP contribution in [0.3, 0.4) is 0 Å². The summed E-state index contributed by atoms with van der Waals surface area (Å²) in [6.07, 6.45) is 0. The molecule has 7 aromatic carbocycles. The van der Waals surface area contributed by atoms with Crippen LogP contribution < -0.4 is 0 Å². The van der Waals surface area contributed by atoms with Crippen LogP contribution in [0.25, 0.3) is 78.2 Å². The lowest BCUT2D eigenvalue weighted by atomic mass is 9.70. The van der Waals surface area contributed by atoms with E-state index in [9.17, 15) is 0 Å². The van der Waals surface area contributed by atoms with Crippen LogP contribution in [-0.4, -0.2) is 4.98 Å². The minimum Gasteiger partial charge on any atom is -0.456 e. The fourth-order valence-corrected chi connectivity index (χ4v) is 8.83. The van der Waals surface area contributed by atoms with Crippen LogP contribution in [0, 0.1) is 0 Å². The third-order valence-corrected chi connectivity index (χ3v) is 11.1. The minimum atomic E-state index is -0.473.